The van der Waals surface area contributed by atoms with Gasteiger partial charge in [-0.25, -0.2) is 4.98 Å². The lowest BCUT2D eigenvalue weighted by Crippen LogP contribution is -2.32. The van der Waals surface area contributed by atoms with E-state index in [1.54, 1.807) is 7.11 Å². The van der Waals surface area contributed by atoms with Crippen LogP contribution in [-0.2, 0) is 19.5 Å². The van der Waals surface area contributed by atoms with Crippen LogP contribution in [0, 0.1) is 6.92 Å². The highest BCUT2D eigenvalue weighted by atomic mass is 16.5. The molecule has 3 aromatic rings. The fourth-order valence-corrected chi connectivity index (χ4v) is 4.48. The minimum Gasteiger partial charge on any atom is -0.497 e. The first-order chi connectivity index (χ1) is 15.7. The first-order valence-electron chi connectivity index (χ1n) is 11.4. The molecule has 32 heavy (non-hydrogen) atoms. The van der Waals surface area contributed by atoms with Crippen LogP contribution in [0.15, 0.2) is 48.5 Å². The van der Waals surface area contributed by atoms with Crippen molar-refractivity contribution in [3.05, 3.63) is 70.9 Å². The van der Waals surface area contributed by atoms with Crippen LogP contribution in [0.5, 0.6) is 17.4 Å². The zero-order chi connectivity index (χ0) is 21.9. The maximum atomic E-state index is 6.37. The molecule has 0 radical (unpaired) electrons. The molecule has 3 heterocycles. The molecule has 1 fully saturated rings. The monoisotopic (exact) mass is 430 g/mol. The largest absolute Gasteiger partial charge is 0.497 e. The Balaban J connectivity index is 1.42. The maximum absolute atomic E-state index is 6.37. The predicted molar refractivity (Wildman–Crippen MR) is 126 cm³/mol. The van der Waals surface area contributed by atoms with Crippen molar-refractivity contribution in [1.29, 1.82) is 0 Å². The van der Waals surface area contributed by atoms with Crippen LogP contribution in [0.3, 0.4) is 0 Å². The third kappa shape index (κ3) is 4.55. The minimum atomic E-state index is 0.696. The van der Waals surface area contributed by atoms with Gasteiger partial charge in [-0.15, -0.1) is 0 Å². The van der Waals surface area contributed by atoms with E-state index in [9.17, 15) is 0 Å². The van der Waals surface area contributed by atoms with Gasteiger partial charge in [0.25, 0.3) is 0 Å². The second-order valence-electron chi connectivity index (χ2n) is 8.68. The molecule has 166 valence electrons. The summed E-state index contributed by atoms with van der Waals surface area (Å²) in [6, 6.07) is 16.5. The molecule has 6 heteroatoms. The molecule has 2 aliphatic heterocycles. The van der Waals surface area contributed by atoms with Crippen LogP contribution in [0.2, 0.25) is 0 Å². The fourth-order valence-electron chi connectivity index (χ4n) is 4.48. The summed E-state index contributed by atoms with van der Waals surface area (Å²) < 4.78 is 11.7. The van der Waals surface area contributed by atoms with E-state index in [1.165, 1.54) is 24.0 Å². The van der Waals surface area contributed by atoms with Crippen molar-refractivity contribution < 1.29 is 9.47 Å². The molecule has 0 unspecified atom stereocenters. The van der Waals surface area contributed by atoms with Gasteiger partial charge < -0.3 is 14.4 Å². The summed E-state index contributed by atoms with van der Waals surface area (Å²) in [6.07, 6.45) is 3.30. The van der Waals surface area contributed by atoms with E-state index < -0.39 is 0 Å². The highest BCUT2D eigenvalue weighted by molar-refractivity contribution is 5.44. The highest BCUT2D eigenvalue weighted by Crippen LogP contribution is 2.33. The molecule has 0 atom stereocenters. The summed E-state index contributed by atoms with van der Waals surface area (Å²) in [5, 5.41) is 0. The van der Waals surface area contributed by atoms with Gasteiger partial charge in [-0.2, -0.15) is 4.98 Å². The second-order valence-corrected chi connectivity index (χ2v) is 8.68. The normalized spacial score (nSPS) is 16.1. The number of hydrogen-bond acceptors (Lipinski definition) is 6. The Hall–Kier alpha value is -3.12. The van der Waals surface area contributed by atoms with Crippen molar-refractivity contribution in [3.8, 4) is 17.4 Å². The molecular weight excluding hydrogens is 400 g/mol. The van der Waals surface area contributed by atoms with Gasteiger partial charge in [-0.1, -0.05) is 24.3 Å². The summed E-state index contributed by atoms with van der Waals surface area (Å²) in [7, 11) is 1.70. The summed E-state index contributed by atoms with van der Waals surface area (Å²) in [6.45, 7) is 6.75. The number of anilines is 1. The van der Waals surface area contributed by atoms with Gasteiger partial charge in [0.2, 0.25) is 11.8 Å². The third-order valence-electron chi connectivity index (χ3n) is 6.25. The highest BCUT2D eigenvalue weighted by Gasteiger charge is 2.26. The molecule has 0 aliphatic carbocycles. The Morgan fingerprint density at radius 2 is 1.75 bits per heavy atom. The minimum absolute atomic E-state index is 0.696. The molecule has 2 aromatic carbocycles. The first kappa shape index (κ1) is 20.8. The van der Waals surface area contributed by atoms with Gasteiger partial charge in [0, 0.05) is 39.1 Å². The van der Waals surface area contributed by atoms with Gasteiger partial charge in [-0.3, -0.25) is 4.90 Å². The molecule has 1 aromatic heterocycles. The Labute approximate surface area is 189 Å². The van der Waals surface area contributed by atoms with Crippen LogP contribution in [0.4, 0.5) is 5.95 Å². The molecule has 2 aliphatic rings. The maximum Gasteiger partial charge on any atom is 0.228 e. The van der Waals surface area contributed by atoms with E-state index in [0.717, 1.165) is 67.8 Å². The molecule has 1 saturated heterocycles. The standard InChI is InChI=1S/C26H30N4O2/c1-19-6-5-7-22(16-19)32-25-23-18-29(17-20-8-10-21(31-2)11-9-20)15-12-24(23)27-26(28-25)30-13-3-4-14-30/h5-11,16H,3-4,12-15,17-18H2,1-2H3. The van der Waals surface area contributed by atoms with Crippen molar-refractivity contribution in [2.45, 2.75) is 39.3 Å². The average molecular weight is 431 g/mol. The lowest BCUT2D eigenvalue weighted by molar-refractivity contribution is 0.238. The molecule has 0 N–H and O–H groups in total. The second kappa shape index (κ2) is 9.17. The van der Waals surface area contributed by atoms with Gasteiger partial charge in [-0.05, 0) is 55.2 Å². The number of hydrogen-bond donors (Lipinski definition) is 0. The smallest absolute Gasteiger partial charge is 0.228 e. The van der Waals surface area contributed by atoms with Gasteiger partial charge in [0.05, 0.1) is 18.4 Å². The van der Waals surface area contributed by atoms with E-state index >= 15 is 0 Å². The van der Waals surface area contributed by atoms with Crippen molar-refractivity contribution in [2.75, 3.05) is 31.6 Å². The number of aromatic nitrogens is 2. The average Bonchev–Trinajstić information content (AvgIpc) is 3.35. The van der Waals surface area contributed by atoms with Crippen LogP contribution in [0.25, 0.3) is 0 Å². The molecule has 0 bridgehead atoms. The van der Waals surface area contributed by atoms with E-state index in [1.807, 2.05) is 24.3 Å². The third-order valence-corrected chi connectivity index (χ3v) is 6.25. The lowest BCUT2D eigenvalue weighted by Gasteiger charge is -2.30. The number of benzene rings is 2. The van der Waals surface area contributed by atoms with Crippen LogP contribution in [0.1, 0.15) is 35.2 Å². The van der Waals surface area contributed by atoms with Crippen molar-refractivity contribution in [1.82, 2.24) is 14.9 Å². The molecular formula is C26H30N4O2. The van der Waals surface area contributed by atoms with Crippen LogP contribution in [-0.4, -0.2) is 41.6 Å². The fraction of sp³-hybridized carbons (Fsp3) is 0.385. The van der Waals surface area contributed by atoms with Crippen molar-refractivity contribution >= 4 is 5.95 Å². The summed E-state index contributed by atoms with van der Waals surface area (Å²) in [5.41, 5.74) is 4.67. The Morgan fingerprint density at radius 3 is 2.50 bits per heavy atom. The van der Waals surface area contributed by atoms with Crippen molar-refractivity contribution in [2.24, 2.45) is 0 Å². The zero-order valence-electron chi connectivity index (χ0n) is 18.9. The zero-order valence-corrected chi connectivity index (χ0v) is 18.9. The first-order valence-corrected chi connectivity index (χ1v) is 11.4. The number of aryl methyl sites for hydroxylation is 1. The van der Waals surface area contributed by atoms with Crippen LogP contribution >= 0.6 is 0 Å². The van der Waals surface area contributed by atoms with Crippen LogP contribution < -0.4 is 14.4 Å². The topological polar surface area (TPSA) is 50.7 Å². The predicted octanol–water partition coefficient (Wildman–Crippen LogP) is 4.74. The number of rotatable bonds is 6. The summed E-state index contributed by atoms with van der Waals surface area (Å²) in [5.74, 6) is 3.22. The molecule has 0 amide bonds. The van der Waals surface area contributed by atoms with Gasteiger partial charge in [0.1, 0.15) is 11.5 Å². The number of ether oxygens (including phenoxy) is 2. The molecule has 0 saturated carbocycles. The summed E-state index contributed by atoms with van der Waals surface area (Å²) >= 11 is 0. The van der Waals surface area contributed by atoms with Gasteiger partial charge in [0.15, 0.2) is 0 Å². The number of methoxy groups -OCH3 is 1. The van der Waals surface area contributed by atoms with E-state index in [-0.39, 0.29) is 0 Å². The van der Waals surface area contributed by atoms with Crippen molar-refractivity contribution in [3.63, 3.8) is 0 Å². The SMILES string of the molecule is COc1ccc(CN2CCc3nc(N4CCCC4)nc(Oc4cccc(C)c4)c3C2)cc1. The van der Waals surface area contributed by atoms with E-state index in [2.05, 4.69) is 41.0 Å². The molecule has 6 nitrogen and oxygen atoms in total. The summed E-state index contributed by atoms with van der Waals surface area (Å²) in [4.78, 5) is 14.6. The lowest BCUT2D eigenvalue weighted by atomic mass is 10.1. The number of fused-ring (bicyclic) bond motifs is 1. The molecule has 0 spiro atoms. The Kier molecular flexibility index (Phi) is 5.95. The van der Waals surface area contributed by atoms with E-state index in [0.29, 0.717) is 5.88 Å². The Bertz CT molecular complexity index is 1080. The molecule has 5 rings (SSSR count). The number of nitrogens with zero attached hydrogens (tertiary/aromatic N) is 4. The Morgan fingerprint density at radius 1 is 0.938 bits per heavy atom. The van der Waals surface area contributed by atoms with Gasteiger partial charge >= 0.3 is 0 Å². The quantitative estimate of drug-likeness (QED) is 0.563. The van der Waals surface area contributed by atoms with E-state index in [4.69, 9.17) is 19.4 Å².